The second-order valence-corrected chi connectivity index (χ2v) is 8.04. The summed E-state index contributed by atoms with van der Waals surface area (Å²) in [4.78, 5) is 2.07. The standard InChI is InChI=1S/C14H18N6O2S/c21-23(22,12-2-3-12)19-10-8-18(9-11-19)13-4-5-14(17-16-13)20-7-1-6-15-20/h1,4-7,12H,2-3,8-11H2. The molecule has 0 N–H and O–H groups in total. The third kappa shape index (κ3) is 2.81. The summed E-state index contributed by atoms with van der Waals surface area (Å²) in [5.74, 6) is 1.43. The molecule has 0 atom stereocenters. The van der Waals surface area contributed by atoms with Gasteiger partial charge in [0.25, 0.3) is 0 Å². The van der Waals surface area contributed by atoms with E-state index in [0.717, 1.165) is 18.7 Å². The average molecular weight is 334 g/mol. The Morgan fingerprint density at radius 3 is 2.26 bits per heavy atom. The highest BCUT2D eigenvalue weighted by Crippen LogP contribution is 2.31. The smallest absolute Gasteiger partial charge is 0.217 e. The third-order valence-electron chi connectivity index (χ3n) is 4.24. The number of nitrogens with zero attached hydrogens (tertiary/aromatic N) is 6. The summed E-state index contributed by atoms with van der Waals surface area (Å²) in [5.41, 5.74) is 0. The molecule has 0 unspecified atom stereocenters. The van der Waals surface area contributed by atoms with Crippen molar-refractivity contribution < 1.29 is 8.42 Å². The van der Waals surface area contributed by atoms with E-state index in [2.05, 4.69) is 20.2 Å². The second kappa shape index (κ2) is 5.57. The largest absolute Gasteiger partial charge is 0.352 e. The Bertz CT molecular complexity index is 762. The van der Waals surface area contributed by atoms with E-state index in [-0.39, 0.29) is 5.25 Å². The van der Waals surface area contributed by atoms with Gasteiger partial charge >= 0.3 is 0 Å². The van der Waals surface area contributed by atoms with Crippen LogP contribution >= 0.6 is 0 Å². The number of rotatable bonds is 4. The minimum Gasteiger partial charge on any atom is -0.352 e. The van der Waals surface area contributed by atoms with Gasteiger partial charge in [0.2, 0.25) is 10.0 Å². The summed E-state index contributed by atoms with van der Waals surface area (Å²) >= 11 is 0. The molecule has 1 saturated heterocycles. The molecule has 1 aliphatic carbocycles. The fourth-order valence-corrected chi connectivity index (χ4v) is 4.59. The molecule has 2 aliphatic rings. The quantitative estimate of drug-likeness (QED) is 0.798. The molecule has 2 fully saturated rings. The summed E-state index contributed by atoms with van der Waals surface area (Å²) in [6.07, 6.45) is 5.12. The highest BCUT2D eigenvalue weighted by atomic mass is 32.2. The van der Waals surface area contributed by atoms with Crippen LogP contribution in [0.25, 0.3) is 5.82 Å². The van der Waals surface area contributed by atoms with Crippen molar-refractivity contribution in [2.24, 2.45) is 0 Å². The van der Waals surface area contributed by atoms with Crippen molar-refractivity contribution >= 4 is 15.8 Å². The van der Waals surface area contributed by atoms with E-state index in [1.54, 1.807) is 15.2 Å². The van der Waals surface area contributed by atoms with E-state index < -0.39 is 10.0 Å². The topological polar surface area (TPSA) is 84.2 Å². The lowest BCUT2D eigenvalue weighted by atomic mass is 10.3. The summed E-state index contributed by atoms with van der Waals surface area (Å²) < 4.78 is 27.7. The number of aromatic nitrogens is 4. The van der Waals surface area contributed by atoms with E-state index >= 15 is 0 Å². The molecule has 0 radical (unpaired) electrons. The van der Waals surface area contributed by atoms with Crippen molar-refractivity contribution in [2.75, 3.05) is 31.1 Å². The van der Waals surface area contributed by atoms with Crippen LogP contribution in [-0.4, -0.2) is 64.1 Å². The molecular weight excluding hydrogens is 316 g/mol. The summed E-state index contributed by atoms with van der Waals surface area (Å²) in [6.45, 7) is 2.31. The first kappa shape index (κ1) is 14.6. The Morgan fingerprint density at radius 2 is 1.70 bits per heavy atom. The maximum atomic E-state index is 12.2. The van der Waals surface area contributed by atoms with Crippen LogP contribution in [0, 0.1) is 0 Å². The molecule has 122 valence electrons. The second-order valence-electron chi connectivity index (χ2n) is 5.83. The van der Waals surface area contributed by atoms with Crippen LogP contribution in [-0.2, 0) is 10.0 Å². The number of piperazine rings is 1. The number of anilines is 1. The van der Waals surface area contributed by atoms with Gasteiger partial charge in [-0.1, -0.05) is 0 Å². The molecule has 0 aromatic carbocycles. The van der Waals surface area contributed by atoms with E-state index in [1.165, 1.54) is 0 Å². The van der Waals surface area contributed by atoms with Gasteiger partial charge in [0, 0.05) is 38.6 Å². The van der Waals surface area contributed by atoms with Gasteiger partial charge in [-0.05, 0) is 31.0 Å². The SMILES string of the molecule is O=S(=O)(C1CC1)N1CCN(c2ccc(-n3cccn3)nn2)CC1. The molecule has 0 amide bonds. The van der Waals surface area contributed by atoms with Crippen molar-refractivity contribution in [2.45, 2.75) is 18.1 Å². The van der Waals surface area contributed by atoms with Gasteiger partial charge in [-0.25, -0.2) is 13.1 Å². The zero-order valence-electron chi connectivity index (χ0n) is 12.6. The highest BCUT2D eigenvalue weighted by molar-refractivity contribution is 7.90. The Kier molecular flexibility index (Phi) is 3.53. The third-order valence-corrected chi connectivity index (χ3v) is 6.64. The van der Waals surface area contributed by atoms with E-state index in [0.29, 0.717) is 32.0 Å². The van der Waals surface area contributed by atoms with Gasteiger partial charge in [-0.15, -0.1) is 10.2 Å². The lowest BCUT2D eigenvalue weighted by Crippen LogP contribution is -2.49. The lowest BCUT2D eigenvalue weighted by Gasteiger charge is -2.34. The molecule has 4 rings (SSSR count). The van der Waals surface area contributed by atoms with Gasteiger partial charge in [0.15, 0.2) is 11.6 Å². The highest BCUT2D eigenvalue weighted by Gasteiger charge is 2.41. The van der Waals surface area contributed by atoms with E-state index in [4.69, 9.17) is 0 Å². The number of hydrogen-bond donors (Lipinski definition) is 0. The van der Waals surface area contributed by atoms with E-state index in [9.17, 15) is 8.42 Å². The molecule has 1 aliphatic heterocycles. The Morgan fingerprint density at radius 1 is 1.00 bits per heavy atom. The van der Waals surface area contributed by atoms with Crippen LogP contribution in [0.4, 0.5) is 5.82 Å². The van der Waals surface area contributed by atoms with Gasteiger partial charge in [-0.3, -0.25) is 0 Å². The summed E-state index contributed by atoms with van der Waals surface area (Å²) in [6, 6.07) is 5.59. The molecule has 2 aromatic heterocycles. The predicted octanol–water partition coefficient (Wildman–Crippen LogP) is 0.276. The fourth-order valence-electron chi connectivity index (χ4n) is 2.76. The Labute approximate surface area is 134 Å². The molecule has 0 spiro atoms. The normalized spacial score (nSPS) is 19.9. The van der Waals surface area contributed by atoms with Crippen LogP contribution in [0.5, 0.6) is 0 Å². The zero-order valence-corrected chi connectivity index (χ0v) is 13.4. The molecule has 23 heavy (non-hydrogen) atoms. The van der Waals surface area contributed by atoms with Crippen molar-refractivity contribution in [1.82, 2.24) is 24.3 Å². The van der Waals surface area contributed by atoms with Crippen LogP contribution in [0.2, 0.25) is 0 Å². The van der Waals surface area contributed by atoms with Crippen molar-refractivity contribution in [3.05, 3.63) is 30.6 Å². The van der Waals surface area contributed by atoms with Crippen LogP contribution in [0.15, 0.2) is 30.6 Å². The molecular formula is C14H18N6O2S. The molecule has 0 bridgehead atoms. The maximum absolute atomic E-state index is 12.2. The van der Waals surface area contributed by atoms with Gasteiger partial charge < -0.3 is 4.90 Å². The van der Waals surface area contributed by atoms with Crippen molar-refractivity contribution in [3.63, 3.8) is 0 Å². The maximum Gasteiger partial charge on any atom is 0.217 e. The monoisotopic (exact) mass is 334 g/mol. The zero-order chi connectivity index (χ0) is 15.9. The summed E-state index contributed by atoms with van der Waals surface area (Å²) in [5, 5.41) is 12.4. The Hall–Kier alpha value is -2.00. The Balaban J connectivity index is 1.42. The average Bonchev–Trinajstić information content (AvgIpc) is 3.32. The van der Waals surface area contributed by atoms with Crippen LogP contribution < -0.4 is 4.90 Å². The van der Waals surface area contributed by atoms with Crippen molar-refractivity contribution in [3.8, 4) is 5.82 Å². The van der Waals surface area contributed by atoms with Gasteiger partial charge in [-0.2, -0.15) is 9.40 Å². The first-order valence-corrected chi connectivity index (χ1v) is 9.22. The minimum absolute atomic E-state index is 0.137. The molecule has 8 nitrogen and oxygen atoms in total. The molecule has 1 saturated carbocycles. The van der Waals surface area contributed by atoms with Gasteiger partial charge in [0.05, 0.1) is 5.25 Å². The summed E-state index contributed by atoms with van der Waals surface area (Å²) in [7, 11) is -3.07. The van der Waals surface area contributed by atoms with Gasteiger partial charge in [0.1, 0.15) is 0 Å². The van der Waals surface area contributed by atoms with Crippen molar-refractivity contribution in [1.29, 1.82) is 0 Å². The molecule has 9 heteroatoms. The minimum atomic E-state index is -3.07. The molecule has 2 aromatic rings. The fraction of sp³-hybridized carbons (Fsp3) is 0.500. The van der Waals surface area contributed by atoms with E-state index in [1.807, 2.05) is 24.4 Å². The first-order chi connectivity index (χ1) is 11.1. The number of hydrogen-bond acceptors (Lipinski definition) is 6. The lowest BCUT2D eigenvalue weighted by molar-refractivity contribution is 0.382. The number of sulfonamides is 1. The van der Waals surface area contributed by atoms with Crippen LogP contribution in [0.3, 0.4) is 0 Å². The predicted molar refractivity (Wildman–Crippen MR) is 84.9 cm³/mol. The van der Waals surface area contributed by atoms with Crippen LogP contribution in [0.1, 0.15) is 12.8 Å². The first-order valence-electron chi connectivity index (χ1n) is 7.72. The molecule has 3 heterocycles.